The van der Waals surface area contributed by atoms with Crippen LogP contribution in [0.2, 0.25) is 0 Å². The van der Waals surface area contributed by atoms with Crippen molar-refractivity contribution in [1.29, 1.82) is 0 Å². The normalized spacial score (nSPS) is 34.0. The molecular weight excluding hydrogens is 276 g/mol. The Morgan fingerprint density at radius 2 is 2.14 bits per heavy atom. The lowest BCUT2D eigenvalue weighted by atomic mass is 9.59. The van der Waals surface area contributed by atoms with Crippen molar-refractivity contribution in [3.63, 3.8) is 0 Å². The molecule has 0 fully saturated rings. The first-order chi connectivity index (χ1) is 10.5. The van der Waals surface area contributed by atoms with Gasteiger partial charge in [-0.25, -0.2) is 0 Å². The van der Waals surface area contributed by atoms with Gasteiger partial charge in [-0.05, 0) is 60.8 Å². The molecule has 0 saturated heterocycles. The summed E-state index contributed by atoms with van der Waals surface area (Å²) in [7, 11) is 1.47. The molecule has 3 nitrogen and oxygen atoms in total. The number of methoxy groups -OCH3 is 1. The second-order valence-corrected chi connectivity index (χ2v) is 6.84. The van der Waals surface area contributed by atoms with Gasteiger partial charge >= 0.3 is 5.97 Å². The number of carbonyl (C=O) groups is 2. The van der Waals surface area contributed by atoms with Gasteiger partial charge in [0.15, 0.2) is 5.78 Å². The number of fused-ring (bicyclic) bond motifs is 2. The van der Waals surface area contributed by atoms with E-state index in [0.29, 0.717) is 12.3 Å². The van der Waals surface area contributed by atoms with Crippen molar-refractivity contribution in [2.45, 2.75) is 46.0 Å². The van der Waals surface area contributed by atoms with Gasteiger partial charge in [-0.3, -0.25) is 9.59 Å². The van der Waals surface area contributed by atoms with Crippen LogP contribution in [0.1, 0.15) is 46.0 Å². The van der Waals surface area contributed by atoms with Gasteiger partial charge in [-0.1, -0.05) is 25.5 Å². The average molecular weight is 300 g/mol. The fourth-order valence-corrected chi connectivity index (χ4v) is 4.60. The number of rotatable bonds is 2. The lowest BCUT2D eigenvalue weighted by Gasteiger charge is -2.45. The number of hydrogen-bond donors (Lipinski definition) is 0. The molecule has 118 valence electrons. The molecule has 0 aliphatic heterocycles. The molecule has 0 aromatic heterocycles. The van der Waals surface area contributed by atoms with E-state index in [0.717, 1.165) is 25.7 Å². The molecule has 0 N–H and O–H groups in total. The summed E-state index contributed by atoms with van der Waals surface area (Å²) >= 11 is 0. The number of esters is 1. The summed E-state index contributed by atoms with van der Waals surface area (Å²) in [5.41, 5.74) is 3.41. The van der Waals surface area contributed by atoms with Crippen LogP contribution in [-0.2, 0) is 14.3 Å². The van der Waals surface area contributed by atoms with Crippen molar-refractivity contribution < 1.29 is 14.3 Å². The van der Waals surface area contributed by atoms with Crippen LogP contribution in [0.5, 0.6) is 0 Å². The highest BCUT2D eigenvalue weighted by molar-refractivity contribution is 5.93. The summed E-state index contributed by atoms with van der Waals surface area (Å²) in [6, 6.07) is 0. The van der Waals surface area contributed by atoms with Crippen LogP contribution in [0, 0.1) is 17.3 Å². The van der Waals surface area contributed by atoms with Gasteiger partial charge in [0.2, 0.25) is 0 Å². The highest BCUT2D eigenvalue weighted by Crippen LogP contribution is 2.52. The molecule has 0 bridgehead atoms. The molecule has 0 amide bonds. The predicted molar refractivity (Wildman–Crippen MR) is 85.1 cm³/mol. The van der Waals surface area contributed by atoms with E-state index >= 15 is 0 Å². The molecule has 0 aromatic rings. The third kappa shape index (κ3) is 2.18. The van der Waals surface area contributed by atoms with E-state index in [4.69, 9.17) is 4.74 Å². The molecule has 3 heteroatoms. The van der Waals surface area contributed by atoms with Crippen LogP contribution in [0.15, 0.2) is 34.9 Å². The minimum Gasteiger partial charge on any atom is -0.468 e. The molecule has 0 saturated carbocycles. The number of carbonyl (C=O) groups excluding carboxylic acids is 2. The van der Waals surface area contributed by atoms with E-state index in [1.54, 1.807) is 0 Å². The fraction of sp³-hybridized carbons (Fsp3) is 0.579. The summed E-state index contributed by atoms with van der Waals surface area (Å²) in [6.07, 6.45) is 10.4. The number of hydrogen-bond acceptors (Lipinski definition) is 3. The van der Waals surface area contributed by atoms with Crippen LogP contribution in [0.4, 0.5) is 0 Å². The largest absolute Gasteiger partial charge is 0.468 e. The Morgan fingerprint density at radius 1 is 1.36 bits per heavy atom. The Balaban J connectivity index is 2.08. The van der Waals surface area contributed by atoms with E-state index in [1.807, 2.05) is 19.1 Å². The summed E-state index contributed by atoms with van der Waals surface area (Å²) in [4.78, 5) is 24.0. The van der Waals surface area contributed by atoms with E-state index in [2.05, 4.69) is 13.0 Å². The molecule has 3 atom stereocenters. The van der Waals surface area contributed by atoms with E-state index in [1.165, 1.54) is 23.8 Å². The van der Waals surface area contributed by atoms with Gasteiger partial charge in [-0.2, -0.15) is 0 Å². The molecule has 3 aliphatic rings. The van der Waals surface area contributed by atoms with Crippen molar-refractivity contribution in [3.05, 3.63) is 34.9 Å². The monoisotopic (exact) mass is 300 g/mol. The Bertz CT molecular complexity index is 608. The third-order valence-corrected chi connectivity index (χ3v) is 5.75. The van der Waals surface area contributed by atoms with Crippen LogP contribution >= 0.6 is 0 Å². The maximum Gasteiger partial charge on any atom is 0.315 e. The van der Waals surface area contributed by atoms with Gasteiger partial charge in [-0.15, -0.1) is 0 Å². The molecule has 0 unspecified atom stereocenters. The Morgan fingerprint density at radius 3 is 2.82 bits per heavy atom. The van der Waals surface area contributed by atoms with Crippen LogP contribution < -0.4 is 0 Å². The molecule has 0 heterocycles. The zero-order chi connectivity index (χ0) is 15.9. The Hall–Kier alpha value is -1.64. The first kappa shape index (κ1) is 15.3. The maximum absolute atomic E-state index is 12.3. The molecule has 0 spiro atoms. The SMILES string of the molecule is CC[C@H]1[C@@H]2CCC3=CC(=O)CCC3=C2C=C[C@]1(C)C(=O)OC. The number of ether oxygens (including phenoxy) is 1. The minimum absolute atomic E-state index is 0.139. The fourth-order valence-electron chi connectivity index (χ4n) is 4.60. The summed E-state index contributed by atoms with van der Waals surface area (Å²) in [5.74, 6) is 0.787. The summed E-state index contributed by atoms with van der Waals surface area (Å²) in [6.45, 7) is 4.16. The van der Waals surface area contributed by atoms with Crippen molar-refractivity contribution in [1.82, 2.24) is 0 Å². The van der Waals surface area contributed by atoms with Crippen molar-refractivity contribution in [2.24, 2.45) is 17.3 Å². The predicted octanol–water partition coefficient (Wildman–Crippen LogP) is 3.76. The highest BCUT2D eigenvalue weighted by Gasteiger charge is 2.47. The van der Waals surface area contributed by atoms with Crippen LogP contribution in [-0.4, -0.2) is 18.9 Å². The zero-order valence-corrected chi connectivity index (χ0v) is 13.6. The van der Waals surface area contributed by atoms with Gasteiger partial charge in [0, 0.05) is 6.42 Å². The van der Waals surface area contributed by atoms with Crippen molar-refractivity contribution in [2.75, 3.05) is 7.11 Å². The quantitative estimate of drug-likeness (QED) is 0.729. The molecule has 22 heavy (non-hydrogen) atoms. The number of allylic oxidation sites excluding steroid dienone is 5. The standard InChI is InChI=1S/C19H24O3/c1-4-17-16-7-5-12-11-13(20)6-8-14(12)15(16)9-10-19(17,2)18(21)22-3/h9-11,16-17H,4-8H2,1-3H3/t16-,17+,19+/m1/s1. The molecule has 3 rings (SSSR count). The Labute approximate surface area is 132 Å². The first-order valence-electron chi connectivity index (χ1n) is 8.25. The van der Waals surface area contributed by atoms with E-state index in [9.17, 15) is 9.59 Å². The second kappa shape index (κ2) is 5.53. The molecule has 0 aromatic carbocycles. The van der Waals surface area contributed by atoms with Gasteiger partial charge in [0.25, 0.3) is 0 Å². The smallest absolute Gasteiger partial charge is 0.315 e. The lowest BCUT2D eigenvalue weighted by Crippen LogP contribution is -2.43. The van der Waals surface area contributed by atoms with Crippen molar-refractivity contribution >= 4 is 11.8 Å². The second-order valence-electron chi connectivity index (χ2n) is 6.84. The first-order valence-corrected chi connectivity index (χ1v) is 8.25. The average Bonchev–Trinajstić information content (AvgIpc) is 2.53. The highest BCUT2D eigenvalue weighted by atomic mass is 16.5. The number of ketones is 1. The van der Waals surface area contributed by atoms with Crippen molar-refractivity contribution in [3.8, 4) is 0 Å². The van der Waals surface area contributed by atoms with Gasteiger partial charge < -0.3 is 4.74 Å². The third-order valence-electron chi connectivity index (χ3n) is 5.75. The topological polar surface area (TPSA) is 43.4 Å². The van der Waals surface area contributed by atoms with Gasteiger partial charge in [0.05, 0.1) is 12.5 Å². The summed E-state index contributed by atoms with van der Waals surface area (Å²) in [5, 5.41) is 0. The Kier molecular flexibility index (Phi) is 3.84. The van der Waals surface area contributed by atoms with E-state index < -0.39 is 5.41 Å². The van der Waals surface area contributed by atoms with E-state index in [-0.39, 0.29) is 17.7 Å². The zero-order valence-electron chi connectivity index (χ0n) is 13.6. The molecule has 0 radical (unpaired) electrons. The molecule has 3 aliphatic carbocycles. The maximum atomic E-state index is 12.3. The van der Waals surface area contributed by atoms with Crippen LogP contribution in [0.25, 0.3) is 0 Å². The summed E-state index contributed by atoms with van der Waals surface area (Å²) < 4.78 is 5.06. The lowest BCUT2D eigenvalue weighted by molar-refractivity contribution is -0.153. The molecular formula is C19H24O3. The van der Waals surface area contributed by atoms with Gasteiger partial charge in [0.1, 0.15) is 0 Å². The van der Waals surface area contributed by atoms with Crippen LogP contribution in [0.3, 0.4) is 0 Å². The minimum atomic E-state index is -0.538.